The summed E-state index contributed by atoms with van der Waals surface area (Å²) in [6.07, 6.45) is 0. The van der Waals surface area contributed by atoms with Crippen LogP contribution >= 0.6 is 11.8 Å². The Balaban J connectivity index is 1.56. The molecule has 0 saturated carbocycles. The van der Waals surface area contributed by atoms with Gasteiger partial charge in [0.1, 0.15) is 0 Å². The largest absolute Gasteiger partial charge is 0.379 e. The molecule has 1 saturated heterocycles. The van der Waals surface area contributed by atoms with Gasteiger partial charge in [-0.15, -0.1) is 11.8 Å². The normalized spacial score (nSPS) is 16.2. The van der Waals surface area contributed by atoms with Crippen molar-refractivity contribution in [2.45, 2.75) is 4.90 Å². The average Bonchev–Trinajstić information content (AvgIpc) is 2.46. The van der Waals surface area contributed by atoms with Crippen molar-refractivity contribution in [1.82, 2.24) is 10.2 Å². The number of thioether (sulfide) groups is 1. The number of nitrogens with one attached hydrogen (secondary N) is 1. The molecule has 1 amide bonds. The van der Waals surface area contributed by atoms with E-state index in [4.69, 9.17) is 4.74 Å². The Morgan fingerprint density at radius 1 is 1.26 bits per heavy atom. The van der Waals surface area contributed by atoms with E-state index in [0.29, 0.717) is 13.1 Å². The van der Waals surface area contributed by atoms with Crippen LogP contribution in [0.15, 0.2) is 35.2 Å². The van der Waals surface area contributed by atoms with Gasteiger partial charge in [-0.2, -0.15) is 0 Å². The standard InChI is InChI=1S/C14H20N2O2S/c17-14(12-16-7-9-18-10-8-16)15-6-11-19-13-4-2-1-3-5-13/h1-5H,6-12H2,(H,15,17). The number of rotatable bonds is 6. The van der Waals surface area contributed by atoms with E-state index in [-0.39, 0.29) is 5.91 Å². The topological polar surface area (TPSA) is 41.6 Å². The minimum Gasteiger partial charge on any atom is -0.379 e. The van der Waals surface area contributed by atoms with Crippen molar-refractivity contribution in [3.05, 3.63) is 30.3 Å². The molecule has 104 valence electrons. The first kappa shape index (κ1) is 14.4. The number of amides is 1. The number of morpholine rings is 1. The van der Waals surface area contributed by atoms with Crippen molar-refractivity contribution < 1.29 is 9.53 Å². The third-order valence-electron chi connectivity index (χ3n) is 2.91. The van der Waals surface area contributed by atoms with Crippen LogP contribution in [0.25, 0.3) is 0 Å². The van der Waals surface area contributed by atoms with E-state index in [1.807, 2.05) is 18.2 Å². The lowest BCUT2D eigenvalue weighted by Gasteiger charge is -2.25. The van der Waals surface area contributed by atoms with Crippen LogP contribution in [0.5, 0.6) is 0 Å². The Morgan fingerprint density at radius 2 is 2.00 bits per heavy atom. The molecule has 1 aromatic carbocycles. The molecule has 1 heterocycles. The Hall–Kier alpha value is -1.04. The quantitative estimate of drug-likeness (QED) is 0.628. The molecule has 2 rings (SSSR count). The van der Waals surface area contributed by atoms with Gasteiger partial charge in [0.2, 0.25) is 5.91 Å². The first-order chi connectivity index (χ1) is 9.34. The fourth-order valence-electron chi connectivity index (χ4n) is 1.89. The highest BCUT2D eigenvalue weighted by atomic mass is 32.2. The molecule has 19 heavy (non-hydrogen) atoms. The molecule has 0 radical (unpaired) electrons. The van der Waals surface area contributed by atoms with E-state index >= 15 is 0 Å². The summed E-state index contributed by atoms with van der Waals surface area (Å²) in [5, 5.41) is 2.96. The summed E-state index contributed by atoms with van der Waals surface area (Å²) in [4.78, 5) is 15.1. The summed E-state index contributed by atoms with van der Waals surface area (Å²) in [5.41, 5.74) is 0. The van der Waals surface area contributed by atoms with Gasteiger partial charge in [0, 0.05) is 30.3 Å². The van der Waals surface area contributed by atoms with Crippen LogP contribution in [0, 0.1) is 0 Å². The molecule has 0 bridgehead atoms. The molecule has 1 N–H and O–H groups in total. The summed E-state index contributed by atoms with van der Waals surface area (Å²) in [6, 6.07) is 10.2. The van der Waals surface area contributed by atoms with Gasteiger partial charge in [0.05, 0.1) is 19.8 Å². The zero-order valence-electron chi connectivity index (χ0n) is 11.0. The van der Waals surface area contributed by atoms with Crippen molar-refractivity contribution in [3.8, 4) is 0 Å². The van der Waals surface area contributed by atoms with Crippen molar-refractivity contribution in [2.75, 3.05) is 45.1 Å². The van der Waals surface area contributed by atoms with Crippen molar-refractivity contribution >= 4 is 17.7 Å². The van der Waals surface area contributed by atoms with Gasteiger partial charge in [0.25, 0.3) is 0 Å². The van der Waals surface area contributed by atoms with E-state index in [2.05, 4.69) is 22.3 Å². The van der Waals surface area contributed by atoms with Crippen LogP contribution in [-0.2, 0) is 9.53 Å². The smallest absolute Gasteiger partial charge is 0.234 e. The van der Waals surface area contributed by atoms with Gasteiger partial charge >= 0.3 is 0 Å². The molecule has 1 aliphatic heterocycles. The summed E-state index contributed by atoms with van der Waals surface area (Å²) >= 11 is 1.76. The third kappa shape index (κ3) is 5.63. The molecule has 4 nitrogen and oxygen atoms in total. The molecule has 0 atom stereocenters. The molecule has 5 heteroatoms. The number of carbonyl (C=O) groups excluding carboxylic acids is 1. The summed E-state index contributed by atoms with van der Waals surface area (Å²) in [6.45, 7) is 4.37. The van der Waals surface area contributed by atoms with Crippen LogP contribution in [0.2, 0.25) is 0 Å². The molecule has 0 aromatic heterocycles. The molecular weight excluding hydrogens is 260 g/mol. The molecule has 0 unspecified atom stereocenters. The van der Waals surface area contributed by atoms with Crippen molar-refractivity contribution in [1.29, 1.82) is 0 Å². The maximum Gasteiger partial charge on any atom is 0.234 e. The Labute approximate surface area is 118 Å². The van der Waals surface area contributed by atoms with E-state index in [9.17, 15) is 4.79 Å². The van der Waals surface area contributed by atoms with Crippen molar-refractivity contribution in [2.24, 2.45) is 0 Å². The lowest BCUT2D eigenvalue weighted by molar-refractivity contribution is -0.123. The van der Waals surface area contributed by atoms with E-state index in [0.717, 1.165) is 32.1 Å². The lowest BCUT2D eigenvalue weighted by atomic mass is 10.4. The fraction of sp³-hybridized carbons (Fsp3) is 0.500. The van der Waals surface area contributed by atoms with Crippen LogP contribution < -0.4 is 5.32 Å². The average molecular weight is 280 g/mol. The van der Waals surface area contributed by atoms with Crippen LogP contribution in [0.1, 0.15) is 0 Å². The van der Waals surface area contributed by atoms with Gasteiger partial charge in [-0.3, -0.25) is 9.69 Å². The molecule has 1 fully saturated rings. The number of hydrogen-bond donors (Lipinski definition) is 1. The van der Waals surface area contributed by atoms with Crippen LogP contribution in [-0.4, -0.2) is 56.0 Å². The lowest BCUT2D eigenvalue weighted by Crippen LogP contribution is -2.43. The fourth-order valence-corrected chi connectivity index (χ4v) is 2.68. The van der Waals surface area contributed by atoms with Gasteiger partial charge in [-0.1, -0.05) is 18.2 Å². The second-order valence-electron chi connectivity index (χ2n) is 4.40. The Kier molecular flexibility index (Phi) is 6.20. The van der Waals surface area contributed by atoms with Gasteiger partial charge in [-0.25, -0.2) is 0 Å². The van der Waals surface area contributed by atoms with Gasteiger partial charge in [-0.05, 0) is 12.1 Å². The zero-order valence-corrected chi connectivity index (χ0v) is 11.8. The molecule has 1 aliphatic rings. The monoisotopic (exact) mass is 280 g/mol. The highest BCUT2D eigenvalue weighted by molar-refractivity contribution is 7.99. The number of benzene rings is 1. The maximum atomic E-state index is 11.7. The summed E-state index contributed by atoms with van der Waals surface area (Å²) in [7, 11) is 0. The van der Waals surface area contributed by atoms with Crippen LogP contribution in [0.3, 0.4) is 0 Å². The predicted molar refractivity (Wildman–Crippen MR) is 77.4 cm³/mol. The number of nitrogens with zero attached hydrogens (tertiary/aromatic N) is 1. The first-order valence-corrected chi connectivity index (χ1v) is 7.58. The maximum absolute atomic E-state index is 11.7. The number of ether oxygens (including phenoxy) is 1. The number of hydrogen-bond acceptors (Lipinski definition) is 4. The Bertz CT molecular complexity index is 380. The summed E-state index contributed by atoms with van der Waals surface area (Å²) in [5.74, 6) is 1.01. The van der Waals surface area contributed by atoms with E-state index < -0.39 is 0 Å². The minimum atomic E-state index is 0.107. The second-order valence-corrected chi connectivity index (χ2v) is 5.57. The number of carbonyl (C=O) groups is 1. The Morgan fingerprint density at radius 3 is 2.74 bits per heavy atom. The highest BCUT2D eigenvalue weighted by Gasteiger charge is 2.13. The summed E-state index contributed by atoms with van der Waals surface area (Å²) < 4.78 is 5.25. The third-order valence-corrected chi connectivity index (χ3v) is 3.92. The van der Waals surface area contributed by atoms with E-state index in [1.54, 1.807) is 11.8 Å². The zero-order chi connectivity index (χ0) is 13.3. The highest BCUT2D eigenvalue weighted by Crippen LogP contribution is 2.15. The van der Waals surface area contributed by atoms with E-state index in [1.165, 1.54) is 4.90 Å². The molecule has 1 aromatic rings. The van der Waals surface area contributed by atoms with Crippen molar-refractivity contribution in [3.63, 3.8) is 0 Å². The van der Waals surface area contributed by atoms with Gasteiger partial charge in [0.15, 0.2) is 0 Å². The predicted octanol–water partition coefficient (Wildman–Crippen LogP) is 1.23. The SMILES string of the molecule is O=C(CN1CCOCC1)NCCSc1ccccc1. The van der Waals surface area contributed by atoms with Gasteiger partial charge < -0.3 is 10.1 Å². The molecule has 0 aliphatic carbocycles. The second kappa shape index (κ2) is 8.19. The minimum absolute atomic E-state index is 0.107. The molecule has 0 spiro atoms. The first-order valence-electron chi connectivity index (χ1n) is 6.59. The van der Waals surface area contributed by atoms with Crippen LogP contribution in [0.4, 0.5) is 0 Å². The molecular formula is C14H20N2O2S.